The van der Waals surface area contributed by atoms with Crippen LogP contribution >= 0.6 is 11.3 Å². The third-order valence-electron chi connectivity index (χ3n) is 6.85. The molecular weight excluding hydrogens is 544 g/mol. The van der Waals surface area contributed by atoms with Crippen molar-refractivity contribution in [1.82, 2.24) is 15.0 Å². The molecule has 0 aliphatic carbocycles. The molecule has 1 aliphatic heterocycles. The van der Waals surface area contributed by atoms with Crippen molar-refractivity contribution in [3.63, 3.8) is 0 Å². The predicted molar refractivity (Wildman–Crippen MR) is 153 cm³/mol. The lowest BCUT2D eigenvalue weighted by Gasteiger charge is -2.24. The fourth-order valence-electron chi connectivity index (χ4n) is 4.83. The molecule has 3 aromatic carbocycles. The third kappa shape index (κ3) is 4.42. The summed E-state index contributed by atoms with van der Waals surface area (Å²) in [5, 5.41) is 21.2. The largest absolute Gasteiger partial charge is 0.503 e. The molecule has 5 aromatic rings. The molecule has 3 N–H and O–H groups in total. The second-order valence-electron chi connectivity index (χ2n) is 9.34. The molecule has 6 rings (SSSR count). The lowest BCUT2D eigenvalue weighted by Crippen LogP contribution is -2.32. The minimum Gasteiger partial charge on any atom is -0.503 e. The van der Waals surface area contributed by atoms with Crippen molar-refractivity contribution in [1.29, 1.82) is 0 Å². The number of carbonyl (C=O) groups excluding carboxylic acids is 2. The van der Waals surface area contributed by atoms with Crippen LogP contribution in [0.15, 0.2) is 84.1 Å². The zero-order chi connectivity index (χ0) is 28.8. The number of aryl methyl sites for hydroxylation is 1. The van der Waals surface area contributed by atoms with Crippen LogP contribution < -0.4 is 9.64 Å². The Kier molecular flexibility index (Phi) is 6.35. The van der Waals surface area contributed by atoms with E-state index in [1.165, 1.54) is 41.5 Å². The quantitative estimate of drug-likeness (QED) is 0.219. The van der Waals surface area contributed by atoms with Crippen LogP contribution in [0.3, 0.4) is 0 Å². The van der Waals surface area contributed by atoms with E-state index in [2.05, 4.69) is 15.0 Å². The molecular formula is C30H22N4O6S. The average Bonchev–Trinajstić information content (AvgIpc) is 3.66. The van der Waals surface area contributed by atoms with E-state index in [4.69, 9.17) is 4.74 Å². The number of ketones is 1. The van der Waals surface area contributed by atoms with Gasteiger partial charge in [0.1, 0.15) is 10.8 Å². The van der Waals surface area contributed by atoms with Crippen LogP contribution in [0.2, 0.25) is 0 Å². The Hall–Kier alpha value is -5.29. The molecule has 0 bridgehead atoms. The van der Waals surface area contributed by atoms with Gasteiger partial charge in [-0.2, -0.15) is 0 Å². The fourth-order valence-corrected chi connectivity index (χ4v) is 5.86. The molecule has 41 heavy (non-hydrogen) atoms. The van der Waals surface area contributed by atoms with Crippen molar-refractivity contribution in [3.05, 3.63) is 106 Å². The van der Waals surface area contributed by atoms with E-state index in [9.17, 15) is 24.6 Å². The summed E-state index contributed by atoms with van der Waals surface area (Å²) in [6.07, 6.45) is 0. The number of nitrogens with zero attached hydrogens (tertiary/aromatic N) is 3. The van der Waals surface area contributed by atoms with Gasteiger partial charge in [-0.3, -0.25) is 14.5 Å². The van der Waals surface area contributed by atoms with Crippen LogP contribution in [0.25, 0.3) is 21.6 Å². The van der Waals surface area contributed by atoms with Gasteiger partial charge in [-0.1, -0.05) is 42.5 Å². The number of hydrogen-bond donors (Lipinski definition) is 3. The molecule has 11 heteroatoms. The van der Waals surface area contributed by atoms with Gasteiger partial charge in [0.2, 0.25) is 11.7 Å². The summed E-state index contributed by atoms with van der Waals surface area (Å²) in [4.78, 5) is 52.7. The maximum Gasteiger partial charge on any atom is 0.335 e. The number of aliphatic hydroxyl groups excluding tert-OH is 1. The van der Waals surface area contributed by atoms with Crippen molar-refractivity contribution in [3.8, 4) is 16.3 Å². The second kappa shape index (κ2) is 10.0. The number of aromatic amines is 1. The fraction of sp³-hybridized carbons (Fsp3) is 0.100. The number of fused-ring (bicyclic) bond motifs is 1. The second-order valence-corrected chi connectivity index (χ2v) is 10.3. The van der Waals surface area contributed by atoms with Crippen LogP contribution in [0, 0.1) is 6.92 Å². The molecule has 204 valence electrons. The van der Waals surface area contributed by atoms with Gasteiger partial charge in [0.05, 0.1) is 45.9 Å². The van der Waals surface area contributed by atoms with Gasteiger partial charge in [-0.15, -0.1) is 11.3 Å². The number of aliphatic hydroxyl groups is 1. The Morgan fingerprint density at radius 2 is 1.76 bits per heavy atom. The summed E-state index contributed by atoms with van der Waals surface area (Å²) >= 11 is 1.18. The first-order chi connectivity index (χ1) is 19.8. The maximum atomic E-state index is 14.1. The number of benzene rings is 3. The number of carboxylic acids is 1. The van der Waals surface area contributed by atoms with Crippen molar-refractivity contribution in [2.75, 3.05) is 12.0 Å². The molecule has 0 spiro atoms. The van der Waals surface area contributed by atoms with Crippen molar-refractivity contribution in [2.45, 2.75) is 13.0 Å². The third-order valence-corrected chi connectivity index (χ3v) is 8.06. The number of aromatic nitrogens is 3. The molecule has 1 aliphatic rings. The number of methoxy groups -OCH3 is 1. The van der Waals surface area contributed by atoms with E-state index in [0.29, 0.717) is 37.9 Å². The standard InChI is InChI=1S/C30H22N4O6S/c1-15-26(41-27(31-15)17-6-4-3-5-7-17)24(35)22-23(16-8-11-19(40-2)12-9-16)34(28(37)25(22)36)30-32-20-13-10-18(29(38)39)14-21(20)33-30/h3-14,23,36H,1-2H3,(H,32,33)(H,38,39). The van der Waals surface area contributed by atoms with Crippen LogP contribution in [-0.2, 0) is 4.79 Å². The average molecular weight is 567 g/mol. The first-order valence-electron chi connectivity index (χ1n) is 12.5. The molecule has 0 radical (unpaired) electrons. The van der Waals surface area contributed by atoms with Gasteiger partial charge in [0, 0.05) is 5.56 Å². The number of hydrogen-bond acceptors (Lipinski definition) is 8. The summed E-state index contributed by atoms with van der Waals surface area (Å²) in [5.41, 5.74) is 2.57. The first kappa shape index (κ1) is 26.0. The highest BCUT2D eigenvalue weighted by Crippen LogP contribution is 2.43. The van der Waals surface area contributed by atoms with Crippen molar-refractivity contribution >= 4 is 46.0 Å². The van der Waals surface area contributed by atoms with E-state index >= 15 is 0 Å². The number of ether oxygens (including phenoxy) is 1. The number of carbonyl (C=O) groups is 3. The monoisotopic (exact) mass is 566 g/mol. The summed E-state index contributed by atoms with van der Waals surface area (Å²) in [6.45, 7) is 1.71. The Balaban J connectivity index is 1.47. The molecule has 3 heterocycles. The molecule has 0 saturated carbocycles. The number of Topliss-reactive ketones (excluding diaryl/α,β-unsaturated/α-hetero) is 1. The van der Waals surface area contributed by atoms with Gasteiger partial charge in [0.15, 0.2) is 5.76 Å². The molecule has 0 fully saturated rings. The number of carboxylic acid groups (broad SMARTS) is 1. The number of amides is 1. The summed E-state index contributed by atoms with van der Waals surface area (Å²) in [5.74, 6) is -2.54. The van der Waals surface area contributed by atoms with E-state index in [-0.39, 0.29) is 17.1 Å². The molecule has 1 unspecified atom stereocenters. The zero-order valence-electron chi connectivity index (χ0n) is 21.8. The molecule has 1 amide bonds. The van der Waals surface area contributed by atoms with E-state index in [1.54, 1.807) is 31.2 Å². The Morgan fingerprint density at radius 1 is 1.02 bits per heavy atom. The molecule has 10 nitrogen and oxygen atoms in total. The molecule has 0 saturated heterocycles. The highest BCUT2D eigenvalue weighted by molar-refractivity contribution is 7.17. The van der Waals surface area contributed by atoms with Crippen molar-refractivity contribution < 1.29 is 29.3 Å². The smallest absolute Gasteiger partial charge is 0.335 e. The normalized spacial score (nSPS) is 15.1. The maximum absolute atomic E-state index is 14.1. The number of thiazole rings is 1. The Bertz CT molecular complexity index is 1870. The minimum atomic E-state index is -1.11. The van der Waals surface area contributed by atoms with Gasteiger partial charge < -0.3 is 19.9 Å². The highest BCUT2D eigenvalue weighted by Gasteiger charge is 2.46. The number of rotatable bonds is 7. The van der Waals surface area contributed by atoms with E-state index < -0.39 is 29.5 Å². The van der Waals surface area contributed by atoms with Crippen LogP contribution in [0.4, 0.5) is 5.95 Å². The molecule has 1 atom stereocenters. The SMILES string of the molecule is COc1ccc(C2C(C(=O)c3sc(-c4ccccc4)nc3C)=C(O)C(=O)N2c2nc3ccc(C(=O)O)cc3[nH]2)cc1. The van der Waals surface area contributed by atoms with Gasteiger partial charge in [-0.25, -0.2) is 14.8 Å². The number of anilines is 1. The minimum absolute atomic E-state index is 0.0406. The Labute approximate surface area is 237 Å². The first-order valence-corrected chi connectivity index (χ1v) is 13.3. The van der Waals surface area contributed by atoms with E-state index in [1.807, 2.05) is 30.3 Å². The summed E-state index contributed by atoms with van der Waals surface area (Å²) in [7, 11) is 1.53. The van der Waals surface area contributed by atoms with E-state index in [0.717, 1.165) is 5.56 Å². The van der Waals surface area contributed by atoms with Gasteiger partial charge in [-0.05, 0) is 42.8 Å². The highest BCUT2D eigenvalue weighted by atomic mass is 32.1. The number of nitrogens with one attached hydrogen (secondary N) is 1. The lowest BCUT2D eigenvalue weighted by atomic mass is 9.95. The lowest BCUT2D eigenvalue weighted by molar-refractivity contribution is -0.117. The van der Waals surface area contributed by atoms with Gasteiger partial charge >= 0.3 is 5.97 Å². The Morgan fingerprint density at radius 3 is 2.44 bits per heavy atom. The number of imidazole rings is 1. The summed E-state index contributed by atoms with van der Waals surface area (Å²) < 4.78 is 5.28. The predicted octanol–water partition coefficient (Wildman–Crippen LogP) is 5.48. The molecule has 2 aromatic heterocycles. The number of aromatic carboxylic acids is 1. The summed E-state index contributed by atoms with van der Waals surface area (Å²) in [6, 6.07) is 19.5. The number of H-pyrrole nitrogens is 1. The van der Waals surface area contributed by atoms with Crippen LogP contribution in [0.1, 0.15) is 37.3 Å². The van der Waals surface area contributed by atoms with Gasteiger partial charge in [0.25, 0.3) is 5.91 Å². The van der Waals surface area contributed by atoms with Crippen molar-refractivity contribution in [2.24, 2.45) is 0 Å². The van der Waals surface area contributed by atoms with Crippen LogP contribution in [-0.4, -0.2) is 49.9 Å². The topological polar surface area (TPSA) is 146 Å². The van der Waals surface area contributed by atoms with Crippen LogP contribution in [0.5, 0.6) is 5.75 Å². The zero-order valence-corrected chi connectivity index (χ0v) is 22.6.